The lowest BCUT2D eigenvalue weighted by molar-refractivity contribution is -0.139. The summed E-state index contributed by atoms with van der Waals surface area (Å²) in [5.41, 5.74) is 0.825. The molecule has 0 unspecified atom stereocenters. The second-order valence-corrected chi connectivity index (χ2v) is 5.39. The van der Waals surface area contributed by atoms with Gasteiger partial charge in [0.05, 0.1) is 6.42 Å². The fourth-order valence-corrected chi connectivity index (χ4v) is 2.84. The van der Waals surface area contributed by atoms with Crippen molar-refractivity contribution in [3.8, 4) is 0 Å². The van der Waals surface area contributed by atoms with Crippen LogP contribution in [0.25, 0.3) is 0 Å². The predicted molar refractivity (Wildman–Crippen MR) is 68.1 cm³/mol. The second-order valence-electron chi connectivity index (χ2n) is 4.47. The van der Waals surface area contributed by atoms with Gasteiger partial charge >= 0.3 is 5.97 Å². The van der Waals surface area contributed by atoms with Crippen LogP contribution >= 0.6 is 15.9 Å². The van der Waals surface area contributed by atoms with Crippen molar-refractivity contribution >= 4 is 21.9 Å². The van der Waals surface area contributed by atoms with Crippen LogP contribution < -0.4 is 0 Å². The normalized spacial score (nSPS) is 18.9. The minimum Gasteiger partial charge on any atom is -0.481 e. The molecule has 1 N–H and O–H groups in total. The van der Waals surface area contributed by atoms with Gasteiger partial charge < -0.3 is 9.84 Å². The fourth-order valence-electron chi connectivity index (χ4n) is 2.44. The van der Waals surface area contributed by atoms with E-state index < -0.39 is 5.97 Å². The number of carbonyl (C=O) groups is 1. The zero-order valence-electron chi connectivity index (χ0n) is 9.49. The highest BCUT2D eigenvalue weighted by atomic mass is 79.9. The van der Waals surface area contributed by atoms with Gasteiger partial charge in [-0.3, -0.25) is 4.79 Å². The largest absolute Gasteiger partial charge is 0.481 e. The van der Waals surface area contributed by atoms with E-state index in [1.165, 1.54) is 0 Å². The van der Waals surface area contributed by atoms with E-state index in [1.54, 1.807) is 0 Å². The molecule has 1 aliphatic heterocycles. The Morgan fingerprint density at radius 3 is 2.71 bits per heavy atom. The van der Waals surface area contributed by atoms with Crippen molar-refractivity contribution in [2.24, 2.45) is 0 Å². The molecule has 1 aromatic rings. The maximum absolute atomic E-state index is 11.1. The highest BCUT2D eigenvalue weighted by molar-refractivity contribution is 9.10. The van der Waals surface area contributed by atoms with Gasteiger partial charge in [0.25, 0.3) is 0 Å². The minimum absolute atomic E-state index is 0.173. The molecular weight excluding hydrogens is 284 g/mol. The van der Waals surface area contributed by atoms with E-state index in [1.807, 2.05) is 24.3 Å². The van der Waals surface area contributed by atoms with Crippen molar-refractivity contribution < 1.29 is 14.6 Å². The molecule has 0 bridgehead atoms. The van der Waals surface area contributed by atoms with Gasteiger partial charge in [0.2, 0.25) is 0 Å². The smallest absolute Gasteiger partial charge is 0.304 e. The number of carboxylic acid groups (broad SMARTS) is 1. The summed E-state index contributed by atoms with van der Waals surface area (Å²) in [7, 11) is 0. The summed E-state index contributed by atoms with van der Waals surface area (Å²) in [5, 5.41) is 9.11. The van der Waals surface area contributed by atoms with Gasteiger partial charge in [-0.25, -0.2) is 0 Å². The van der Waals surface area contributed by atoms with Crippen LogP contribution in [0.2, 0.25) is 0 Å². The number of ether oxygens (including phenoxy) is 1. The molecule has 92 valence electrons. The minimum atomic E-state index is -0.744. The molecule has 0 spiro atoms. The van der Waals surface area contributed by atoms with E-state index in [0.717, 1.165) is 22.9 Å². The summed E-state index contributed by atoms with van der Waals surface area (Å²) >= 11 is 3.44. The Bertz CT molecular complexity index is 411. The Morgan fingerprint density at radius 2 is 2.12 bits per heavy atom. The molecule has 1 heterocycles. The van der Waals surface area contributed by atoms with Gasteiger partial charge in [-0.05, 0) is 30.5 Å². The van der Waals surface area contributed by atoms with Crippen LogP contribution in [-0.4, -0.2) is 24.3 Å². The van der Waals surface area contributed by atoms with Gasteiger partial charge in [-0.1, -0.05) is 28.1 Å². The van der Waals surface area contributed by atoms with E-state index >= 15 is 0 Å². The lowest BCUT2D eigenvalue weighted by atomic mass is 9.72. The molecule has 1 fully saturated rings. The summed E-state index contributed by atoms with van der Waals surface area (Å²) in [6, 6.07) is 7.95. The molecule has 4 heteroatoms. The number of rotatable bonds is 3. The van der Waals surface area contributed by atoms with Crippen LogP contribution in [0.3, 0.4) is 0 Å². The third kappa shape index (κ3) is 2.87. The van der Waals surface area contributed by atoms with Gasteiger partial charge in [0.1, 0.15) is 0 Å². The summed E-state index contributed by atoms with van der Waals surface area (Å²) in [6.07, 6.45) is 1.72. The summed E-state index contributed by atoms with van der Waals surface area (Å²) in [4.78, 5) is 11.1. The van der Waals surface area contributed by atoms with Crippen LogP contribution in [0.15, 0.2) is 28.7 Å². The Hall–Kier alpha value is -0.870. The highest BCUT2D eigenvalue weighted by Gasteiger charge is 2.36. The van der Waals surface area contributed by atoms with Crippen LogP contribution in [0.1, 0.15) is 24.8 Å². The number of benzene rings is 1. The van der Waals surface area contributed by atoms with Gasteiger partial charge in [0, 0.05) is 23.1 Å². The fraction of sp³-hybridized carbons (Fsp3) is 0.462. The maximum Gasteiger partial charge on any atom is 0.304 e. The zero-order chi connectivity index (χ0) is 12.3. The first-order valence-electron chi connectivity index (χ1n) is 5.68. The molecule has 2 rings (SSSR count). The number of aliphatic carboxylic acids is 1. The Labute approximate surface area is 109 Å². The molecular formula is C13H15BrO3. The average molecular weight is 299 g/mol. The molecule has 1 aromatic carbocycles. The lowest BCUT2D eigenvalue weighted by Gasteiger charge is -2.36. The van der Waals surface area contributed by atoms with Crippen molar-refractivity contribution in [3.63, 3.8) is 0 Å². The van der Waals surface area contributed by atoms with Crippen LogP contribution in [0.4, 0.5) is 0 Å². The van der Waals surface area contributed by atoms with Crippen molar-refractivity contribution in [2.75, 3.05) is 13.2 Å². The first-order chi connectivity index (χ1) is 8.12. The number of hydrogen-bond donors (Lipinski definition) is 1. The second kappa shape index (κ2) is 5.19. The van der Waals surface area contributed by atoms with Crippen LogP contribution in [0.5, 0.6) is 0 Å². The number of halogens is 1. The van der Waals surface area contributed by atoms with E-state index in [9.17, 15) is 4.79 Å². The molecule has 0 aliphatic carbocycles. The third-order valence-corrected chi connectivity index (χ3v) is 3.87. The lowest BCUT2D eigenvalue weighted by Crippen LogP contribution is -2.36. The van der Waals surface area contributed by atoms with Crippen molar-refractivity contribution in [1.29, 1.82) is 0 Å². The van der Waals surface area contributed by atoms with Crippen molar-refractivity contribution in [2.45, 2.75) is 24.7 Å². The van der Waals surface area contributed by atoms with E-state index in [2.05, 4.69) is 15.9 Å². The van der Waals surface area contributed by atoms with Gasteiger partial charge in [-0.2, -0.15) is 0 Å². The van der Waals surface area contributed by atoms with E-state index in [-0.39, 0.29) is 11.8 Å². The van der Waals surface area contributed by atoms with Crippen LogP contribution in [-0.2, 0) is 14.9 Å². The highest BCUT2D eigenvalue weighted by Crippen LogP contribution is 2.38. The van der Waals surface area contributed by atoms with E-state index in [4.69, 9.17) is 9.84 Å². The molecule has 1 aliphatic rings. The number of hydrogen-bond acceptors (Lipinski definition) is 2. The Balaban J connectivity index is 2.35. The molecule has 3 nitrogen and oxygen atoms in total. The van der Waals surface area contributed by atoms with Crippen LogP contribution in [0, 0.1) is 0 Å². The molecule has 0 aromatic heterocycles. The van der Waals surface area contributed by atoms with E-state index in [0.29, 0.717) is 13.2 Å². The van der Waals surface area contributed by atoms with Crippen molar-refractivity contribution in [3.05, 3.63) is 34.3 Å². The Morgan fingerprint density at radius 1 is 1.41 bits per heavy atom. The summed E-state index contributed by atoms with van der Waals surface area (Å²) in [5.74, 6) is -0.744. The first-order valence-corrected chi connectivity index (χ1v) is 6.47. The maximum atomic E-state index is 11.1. The number of carboxylic acids is 1. The topological polar surface area (TPSA) is 46.5 Å². The summed E-state index contributed by atoms with van der Waals surface area (Å²) < 4.78 is 6.35. The molecule has 0 saturated carbocycles. The SMILES string of the molecule is O=C(O)CC1(c2cccc(Br)c2)CCOCC1. The quantitative estimate of drug-likeness (QED) is 0.933. The standard InChI is InChI=1S/C13H15BrO3/c14-11-3-1-2-10(8-11)13(9-12(15)16)4-6-17-7-5-13/h1-3,8H,4-7,9H2,(H,15,16). The Kier molecular flexibility index (Phi) is 3.84. The molecule has 0 radical (unpaired) electrons. The summed E-state index contributed by atoms with van der Waals surface area (Å²) in [6.45, 7) is 1.28. The molecule has 17 heavy (non-hydrogen) atoms. The molecule has 0 atom stereocenters. The molecule has 1 saturated heterocycles. The first kappa shape index (κ1) is 12.6. The third-order valence-electron chi connectivity index (χ3n) is 3.38. The van der Waals surface area contributed by atoms with Gasteiger partial charge in [0.15, 0.2) is 0 Å². The van der Waals surface area contributed by atoms with Crippen molar-refractivity contribution in [1.82, 2.24) is 0 Å². The molecule has 0 amide bonds. The monoisotopic (exact) mass is 298 g/mol. The predicted octanol–water partition coefficient (Wildman–Crippen LogP) is 2.97. The average Bonchev–Trinajstić information content (AvgIpc) is 2.29. The van der Waals surface area contributed by atoms with Gasteiger partial charge in [-0.15, -0.1) is 0 Å². The zero-order valence-corrected chi connectivity index (χ0v) is 11.1.